The Bertz CT molecular complexity index is 775. The first-order valence-corrected chi connectivity index (χ1v) is 12.0. The number of nitrogens with one attached hydrogen (secondary N) is 1. The van der Waals surface area contributed by atoms with E-state index in [1.165, 1.54) is 26.4 Å². The molecular formula is C23H32N2O4S2. The molecule has 1 amide bonds. The molecule has 8 heteroatoms. The Morgan fingerprint density at radius 2 is 1.97 bits per heavy atom. The Morgan fingerprint density at radius 3 is 2.68 bits per heavy atom. The van der Waals surface area contributed by atoms with Crippen LogP contribution >= 0.6 is 24.0 Å². The summed E-state index contributed by atoms with van der Waals surface area (Å²) in [7, 11) is 1.26. The molecule has 0 spiro atoms. The van der Waals surface area contributed by atoms with Gasteiger partial charge in [-0.15, -0.1) is 0 Å². The third-order valence-electron chi connectivity index (χ3n) is 5.11. The Kier molecular flexibility index (Phi) is 10.9. The second-order valence-electron chi connectivity index (χ2n) is 7.58. The maximum Gasteiger partial charge on any atom is 0.330 e. The SMILES string of the molecule is COC(=O)/C=C/C(=O)Nc1cccc(OCCCCSC(=S)N2C(C)CCCC2C)c1. The third kappa shape index (κ3) is 8.91. The number of likely N-dealkylation sites (tertiary alicyclic amines) is 1. The Balaban J connectivity index is 1.67. The molecule has 2 rings (SSSR count). The number of thiocarbonyl (C=S) groups is 1. The lowest BCUT2D eigenvalue weighted by molar-refractivity contribution is -0.135. The zero-order chi connectivity index (χ0) is 22.6. The predicted octanol–water partition coefficient (Wildman–Crippen LogP) is 4.79. The molecule has 1 aromatic rings. The molecule has 31 heavy (non-hydrogen) atoms. The van der Waals surface area contributed by atoms with E-state index >= 15 is 0 Å². The van der Waals surface area contributed by atoms with E-state index < -0.39 is 11.9 Å². The highest BCUT2D eigenvalue weighted by Crippen LogP contribution is 2.27. The second-order valence-corrected chi connectivity index (χ2v) is 9.31. The van der Waals surface area contributed by atoms with Crippen LogP contribution < -0.4 is 10.1 Å². The number of ether oxygens (including phenoxy) is 2. The van der Waals surface area contributed by atoms with Crippen molar-refractivity contribution in [1.82, 2.24) is 4.90 Å². The number of nitrogens with zero attached hydrogens (tertiary/aromatic N) is 1. The lowest BCUT2D eigenvalue weighted by Crippen LogP contribution is -2.45. The summed E-state index contributed by atoms with van der Waals surface area (Å²) in [5.41, 5.74) is 0.600. The lowest BCUT2D eigenvalue weighted by Gasteiger charge is -2.40. The van der Waals surface area contributed by atoms with Gasteiger partial charge in [-0.25, -0.2) is 4.79 Å². The molecule has 2 unspecified atom stereocenters. The molecule has 0 saturated carbocycles. The molecule has 1 aliphatic rings. The zero-order valence-electron chi connectivity index (χ0n) is 18.5. The van der Waals surface area contributed by atoms with Crippen LogP contribution in [0.25, 0.3) is 0 Å². The van der Waals surface area contributed by atoms with E-state index in [-0.39, 0.29) is 0 Å². The quantitative estimate of drug-likeness (QED) is 0.244. The van der Waals surface area contributed by atoms with Crippen LogP contribution in [-0.4, -0.2) is 52.7 Å². The first-order valence-electron chi connectivity index (χ1n) is 10.7. The van der Waals surface area contributed by atoms with Crippen molar-refractivity contribution in [2.24, 2.45) is 0 Å². The first kappa shape index (κ1) is 25.2. The molecule has 1 fully saturated rings. The minimum absolute atomic E-state index is 0.409. The Morgan fingerprint density at radius 1 is 1.23 bits per heavy atom. The number of benzene rings is 1. The highest BCUT2D eigenvalue weighted by molar-refractivity contribution is 8.22. The van der Waals surface area contributed by atoms with Crippen LogP contribution in [0.3, 0.4) is 0 Å². The van der Waals surface area contributed by atoms with Crippen molar-refractivity contribution >= 4 is 45.9 Å². The van der Waals surface area contributed by atoms with Crippen LogP contribution in [-0.2, 0) is 14.3 Å². The molecule has 0 aliphatic carbocycles. The number of rotatable bonds is 9. The average Bonchev–Trinajstić information content (AvgIpc) is 2.74. The molecule has 1 heterocycles. The molecule has 1 saturated heterocycles. The van der Waals surface area contributed by atoms with Crippen molar-refractivity contribution in [3.8, 4) is 5.75 Å². The molecule has 1 aliphatic heterocycles. The number of anilines is 1. The normalized spacial score (nSPS) is 18.6. The van der Waals surface area contributed by atoms with E-state index in [1.807, 2.05) is 12.1 Å². The van der Waals surface area contributed by atoms with Crippen LogP contribution in [0.1, 0.15) is 46.0 Å². The van der Waals surface area contributed by atoms with Gasteiger partial charge in [0, 0.05) is 41.7 Å². The lowest BCUT2D eigenvalue weighted by atomic mass is 9.99. The van der Waals surface area contributed by atoms with Gasteiger partial charge in [0.15, 0.2) is 0 Å². The van der Waals surface area contributed by atoms with E-state index in [0.29, 0.717) is 30.1 Å². The van der Waals surface area contributed by atoms with Crippen LogP contribution in [0.4, 0.5) is 5.69 Å². The molecule has 1 aromatic carbocycles. The number of amides is 1. The molecular weight excluding hydrogens is 432 g/mol. The molecule has 0 radical (unpaired) electrons. The van der Waals surface area contributed by atoms with E-state index in [0.717, 1.165) is 35.1 Å². The van der Waals surface area contributed by atoms with Crippen molar-refractivity contribution in [2.45, 2.75) is 58.0 Å². The summed E-state index contributed by atoms with van der Waals surface area (Å²) in [4.78, 5) is 25.3. The predicted molar refractivity (Wildman–Crippen MR) is 131 cm³/mol. The molecule has 170 valence electrons. The summed E-state index contributed by atoms with van der Waals surface area (Å²) in [6.45, 7) is 5.13. The molecule has 2 atom stereocenters. The third-order valence-corrected chi connectivity index (χ3v) is 6.63. The molecule has 0 aromatic heterocycles. The largest absolute Gasteiger partial charge is 0.494 e. The number of hydrogen-bond acceptors (Lipinski definition) is 6. The van der Waals surface area contributed by atoms with Gasteiger partial charge in [0.1, 0.15) is 10.1 Å². The number of methoxy groups -OCH3 is 1. The minimum Gasteiger partial charge on any atom is -0.494 e. The summed E-state index contributed by atoms with van der Waals surface area (Å²) in [5, 5.41) is 2.69. The summed E-state index contributed by atoms with van der Waals surface area (Å²) in [6, 6.07) is 8.25. The fraction of sp³-hybridized carbons (Fsp3) is 0.522. The van der Waals surface area contributed by atoms with Gasteiger partial charge < -0.3 is 19.7 Å². The zero-order valence-corrected chi connectivity index (χ0v) is 20.1. The van der Waals surface area contributed by atoms with Gasteiger partial charge in [0.2, 0.25) is 5.91 Å². The number of carbonyl (C=O) groups excluding carboxylic acids is 2. The van der Waals surface area contributed by atoms with Crippen LogP contribution in [0.15, 0.2) is 36.4 Å². The highest BCUT2D eigenvalue weighted by atomic mass is 32.2. The van der Waals surface area contributed by atoms with Crippen LogP contribution in [0.5, 0.6) is 5.75 Å². The van der Waals surface area contributed by atoms with E-state index in [2.05, 4.69) is 28.8 Å². The Hall–Kier alpha value is -2.06. The number of thioether (sulfide) groups is 1. The average molecular weight is 465 g/mol. The summed E-state index contributed by atoms with van der Waals surface area (Å²) in [6.07, 6.45) is 7.90. The number of piperidine rings is 1. The highest BCUT2D eigenvalue weighted by Gasteiger charge is 2.26. The van der Waals surface area contributed by atoms with Gasteiger partial charge in [-0.2, -0.15) is 0 Å². The van der Waals surface area contributed by atoms with E-state index in [1.54, 1.807) is 23.9 Å². The fourth-order valence-electron chi connectivity index (χ4n) is 3.47. The van der Waals surface area contributed by atoms with Gasteiger partial charge >= 0.3 is 5.97 Å². The van der Waals surface area contributed by atoms with Crippen molar-refractivity contribution in [1.29, 1.82) is 0 Å². The number of unbranched alkanes of at least 4 members (excludes halogenated alkanes) is 1. The van der Waals surface area contributed by atoms with Gasteiger partial charge in [0.05, 0.1) is 13.7 Å². The molecule has 1 N–H and O–H groups in total. The monoisotopic (exact) mass is 464 g/mol. The maximum atomic E-state index is 11.8. The van der Waals surface area contributed by atoms with Crippen molar-refractivity contribution in [3.05, 3.63) is 36.4 Å². The molecule has 0 bridgehead atoms. The van der Waals surface area contributed by atoms with Gasteiger partial charge in [-0.1, -0.05) is 30.0 Å². The van der Waals surface area contributed by atoms with E-state index in [9.17, 15) is 9.59 Å². The number of esters is 1. The second kappa shape index (κ2) is 13.4. The standard InChI is InChI=1S/C23H32N2O4S2/c1-17-8-6-9-18(2)25(17)23(30)31-15-5-4-14-29-20-11-7-10-19(16-20)24-21(26)12-13-22(27)28-3/h7,10-13,16-18H,4-6,8-9,14-15H2,1-3H3,(H,24,26)/b13-12+. The minimum atomic E-state index is -0.578. The molecule has 6 nitrogen and oxygen atoms in total. The van der Waals surface area contributed by atoms with E-state index in [4.69, 9.17) is 17.0 Å². The van der Waals surface area contributed by atoms with Crippen LogP contribution in [0.2, 0.25) is 0 Å². The number of hydrogen-bond donors (Lipinski definition) is 1. The summed E-state index contributed by atoms with van der Waals surface area (Å²) in [5.74, 6) is 0.689. The van der Waals surface area contributed by atoms with Crippen LogP contribution in [0, 0.1) is 0 Å². The fourth-order valence-corrected chi connectivity index (χ4v) is 5.11. The first-order chi connectivity index (χ1) is 14.9. The van der Waals surface area contributed by atoms with Crippen molar-refractivity contribution in [3.63, 3.8) is 0 Å². The Labute approximate surface area is 194 Å². The summed E-state index contributed by atoms with van der Waals surface area (Å²) >= 11 is 7.43. The van der Waals surface area contributed by atoms with Crippen molar-refractivity contribution in [2.75, 3.05) is 24.8 Å². The summed E-state index contributed by atoms with van der Waals surface area (Å²) < 4.78 is 11.3. The van der Waals surface area contributed by atoms with Gasteiger partial charge in [-0.3, -0.25) is 4.79 Å². The van der Waals surface area contributed by atoms with Gasteiger partial charge in [-0.05, 0) is 58.1 Å². The van der Waals surface area contributed by atoms with Crippen molar-refractivity contribution < 1.29 is 19.1 Å². The van der Waals surface area contributed by atoms with Gasteiger partial charge in [0.25, 0.3) is 0 Å². The smallest absolute Gasteiger partial charge is 0.330 e. The maximum absolute atomic E-state index is 11.8. The number of carbonyl (C=O) groups is 2. The topological polar surface area (TPSA) is 67.9 Å².